The Bertz CT molecular complexity index is 390. The Hall–Kier alpha value is -1.55. The molecule has 74 valence electrons. The number of fused-ring (bicyclic) bond motifs is 1. The van der Waals surface area contributed by atoms with Crippen LogP contribution < -0.4 is 10.5 Å². The molecular weight excluding hydrogens is 204 g/mol. The molecule has 0 radical (unpaired) electrons. The van der Waals surface area contributed by atoms with E-state index >= 15 is 0 Å². The van der Waals surface area contributed by atoms with Crippen LogP contribution in [0, 0.1) is 0 Å². The molecule has 0 aromatic heterocycles. The van der Waals surface area contributed by atoms with Gasteiger partial charge in [-0.2, -0.15) is 0 Å². The van der Waals surface area contributed by atoms with E-state index in [4.69, 9.17) is 10.5 Å². The molecule has 1 aromatic rings. The maximum atomic E-state index is 10.8. The Morgan fingerprint density at radius 1 is 1.50 bits per heavy atom. The van der Waals surface area contributed by atoms with Gasteiger partial charge in [-0.3, -0.25) is 9.79 Å². The number of halogens is 1. The van der Waals surface area contributed by atoms with Crippen LogP contribution in [0.4, 0.5) is 5.69 Å². The number of hydrogen-bond acceptors (Lipinski definition) is 3. The third kappa shape index (κ3) is 1.85. The van der Waals surface area contributed by atoms with E-state index in [1.54, 1.807) is 24.4 Å². The average molecular weight is 213 g/mol. The Balaban J connectivity index is 0.000000980. The molecule has 0 saturated carbocycles. The van der Waals surface area contributed by atoms with E-state index in [0.29, 0.717) is 23.6 Å². The van der Waals surface area contributed by atoms with Crippen molar-refractivity contribution in [1.29, 1.82) is 0 Å². The number of primary amides is 1. The molecular formula is C9H9ClN2O2. The van der Waals surface area contributed by atoms with Gasteiger partial charge in [0.05, 0.1) is 0 Å². The number of nitrogens with two attached hydrogens (primary N) is 1. The maximum Gasteiger partial charge on any atom is 0.248 e. The predicted molar refractivity (Wildman–Crippen MR) is 55.9 cm³/mol. The normalized spacial score (nSPS) is 12.3. The number of rotatable bonds is 1. The summed E-state index contributed by atoms with van der Waals surface area (Å²) >= 11 is 0. The average Bonchev–Trinajstić information content (AvgIpc) is 2.17. The van der Waals surface area contributed by atoms with Gasteiger partial charge in [0, 0.05) is 11.8 Å². The van der Waals surface area contributed by atoms with Gasteiger partial charge in [-0.05, 0) is 18.2 Å². The van der Waals surface area contributed by atoms with Gasteiger partial charge in [-0.1, -0.05) is 0 Å². The summed E-state index contributed by atoms with van der Waals surface area (Å²) in [5, 5.41) is 0. The number of aliphatic imine (C=N–C) groups is 1. The van der Waals surface area contributed by atoms with Crippen LogP contribution >= 0.6 is 12.4 Å². The van der Waals surface area contributed by atoms with E-state index in [2.05, 4.69) is 4.99 Å². The molecule has 1 heterocycles. The van der Waals surface area contributed by atoms with Crippen LogP contribution in [-0.4, -0.2) is 18.7 Å². The van der Waals surface area contributed by atoms with E-state index in [0.717, 1.165) is 0 Å². The fraction of sp³-hybridized carbons (Fsp3) is 0.111. The van der Waals surface area contributed by atoms with Crippen LogP contribution in [0.5, 0.6) is 5.75 Å². The lowest BCUT2D eigenvalue weighted by Crippen LogP contribution is -2.11. The highest BCUT2D eigenvalue weighted by atomic mass is 35.5. The summed E-state index contributed by atoms with van der Waals surface area (Å²) in [4.78, 5) is 14.9. The SMILES string of the molecule is Cl.NC(=O)c1ccc2c(c1)N=CCO2. The molecule has 0 atom stereocenters. The fourth-order valence-electron chi connectivity index (χ4n) is 1.16. The molecule has 1 aliphatic rings. The number of carbonyl (C=O) groups is 1. The highest BCUT2D eigenvalue weighted by Gasteiger charge is 2.09. The van der Waals surface area contributed by atoms with E-state index in [9.17, 15) is 4.79 Å². The molecule has 0 unspecified atom stereocenters. The molecule has 0 spiro atoms. The first-order valence-electron chi connectivity index (χ1n) is 3.86. The second-order valence-corrected chi connectivity index (χ2v) is 2.67. The van der Waals surface area contributed by atoms with Gasteiger partial charge < -0.3 is 10.5 Å². The van der Waals surface area contributed by atoms with Crippen molar-refractivity contribution in [3.8, 4) is 5.75 Å². The first-order chi connectivity index (χ1) is 6.27. The number of benzene rings is 1. The van der Waals surface area contributed by atoms with Crippen LogP contribution in [0.15, 0.2) is 23.2 Å². The third-order valence-electron chi connectivity index (χ3n) is 1.79. The van der Waals surface area contributed by atoms with Gasteiger partial charge in [-0.15, -0.1) is 12.4 Å². The number of nitrogens with zero attached hydrogens (tertiary/aromatic N) is 1. The maximum absolute atomic E-state index is 10.8. The number of ether oxygens (including phenoxy) is 1. The molecule has 14 heavy (non-hydrogen) atoms. The van der Waals surface area contributed by atoms with Crippen LogP contribution in [-0.2, 0) is 0 Å². The van der Waals surface area contributed by atoms with Crippen molar-refractivity contribution in [1.82, 2.24) is 0 Å². The second kappa shape index (κ2) is 4.11. The molecule has 0 fully saturated rings. The summed E-state index contributed by atoms with van der Waals surface area (Å²) in [6, 6.07) is 4.95. The van der Waals surface area contributed by atoms with Crippen molar-refractivity contribution >= 4 is 30.2 Å². The zero-order valence-electron chi connectivity index (χ0n) is 7.27. The highest BCUT2D eigenvalue weighted by Crippen LogP contribution is 2.29. The molecule has 0 saturated heterocycles. The number of carbonyl (C=O) groups excluding carboxylic acids is 1. The van der Waals surface area contributed by atoms with Gasteiger partial charge in [0.2, 0.25) is 5.91 Å². The minimum atomic E-state index is -0.455. The molecule has 5 heteroatoms. The van der Waals surface area contributed by atoms with Gasteiger partial charge in [0.25, 0.3) is 0 Å². The smallest absolute Gasteiger partial charge is 0.248 e. The lowest BCUT2D eigenvalue weighted by molar-refractivity contribution is 0.100. The lowest BCUT2D eigenvalue weighted by atomic mass is 10.2. The van der Waals surface area contributed by atoms with E-state index in [1.165, 1.54) is 0 Å². The second-order valence-electron chi connectivity index (χ2n) is 2.67. The molecule has 4 nitrogen and oxygen atoms in total. The summed E-state index contributed by atoms with van der Waals surface area (Å²) in [5.74, 6) is 0.232. The van der Waals surface area contributed by atoms with Crippen LogP contribution in [0.25, 0.3) is 0 Å². The first kappa shape index (κ1) is 10.5. The molecule has 2 N–H and O–H groups in total. The van der Waals surface area contributed by atoms with Crippen LogP contribution in [0.2, 0.25) is 0 Å². The zero-order valence-corrected chi connectivity index (χ0v) is 8.08. The minimum Gasteiger partial charge on any atom is -0.486 e. The Labute approximate surface area is 87.2 Å². The largest absolute Gasteiger partial charge is 0.486 e. The van der Waals surface area contributed by atoms with Crippen molar-refractivity contribution in [3.05, 3.63) is 23.8 Å². The van der Waals surface area contributed by atoms with Crippen molar-refractivity contribution in [2.24, 2.45) is 10.7 Å². The fourth-order valence-corrected chi connectivity index (χ4v) is 1.16. The molecule has 1 aromatic carbocycles. The van der Waals surface area contributed by atoms with Crippen molar-refractivity contribution in [3.63, 3.8) is 0 Å². The molecule has 0 bridgehead atoms. The van der Waals surface area contributed by atoms with Gasteiger partial charge in [0.1, 0.15) is 18.0 Å². The summed E-state index contributed by atoms with van der Waals surface area (Å²) in [7, 11) is 0. The van der Waals surface area contributed by atoms with Crippen LogP contribution in [0.3, 0.4) is 0 Å². The van der Waals surface area contributed by atoms with Gasteiger partial charge in [-0.25, -0.2) is 0 Å². The third-order valence-corrected chi connectivity index (χ3v) is 1.79. The predicted octanol–water partition coefficient (Wildman–Crippen LogP) is 1.30. The quantitative estimate of drug-likeness (QED) is 0.763. The molecule has 0 aliphatic carbocycles. The number of amides is 1. The Morgan fingerprint density at radius 3 is 3.00 bits per heavy atom. The first-order valence-corrected chi connectivity index (χ1v) is 3.86. The molecule has 2 rings (SSSR count). The molecule has 1 aliphatic heterocycles. The van der Waals surface area contributed by atoms with Crippen molar-refractivity contribution < 1.29 is 9.53 Å². The zero-order chi connectivity index (χ0) is 9.26. The monoisotopic (exact) mass is 212 g/mol. The van der Waals surface area contributed by atoms with Gasteiger partial charge in [0.15, 0.2) is 0 Å². The topological polar surface area (TPSA) is 64.7 Å². The standard InChI is InChI=1S/C9H8N2O2.ClH/c10-9(12)6-1-2-8-7(5-6)11-3-4-13-8;/h1-3,5H,4H2,(H2,10,12);1H. The molecule has 1 amide bonds. The van der Waals surface area contributed by atoms with Crippen molar-refractivity contribution in [2.45, 2.75) is 0 Å². The Morgan fingerprint density at radius 2 is 2.29 bits per heavy atom. The van der Waals surface area contributed by atoms with Gasteiger partial charge >= 0.3 is 0 Å². The minimum absolute atomic E-state index is 0. The highest BCUT2D eigenvalue weighted by molar-refractivity contribution is 5.94. The van der Waals surface area contributed by atoms with E-state index in [-0.39, 0.29) is 12.4 Å². The van der Waals surface area contributed by atoms with Crippen molar-refractivity contribution in [2.75, 3.05) is 6.61 Å². The van der Waals surface area contributed by atoms with E-state index < -0.39 is 5.91 Å². The van der Waals surface area contributed by atoms with Crippen LogP contribution in [0.1, 0.15) is 10.4 Å². The summed E-state index contributed by atoms with van der Waals surface area (Å²) in [5.41, 5.74) is 6.22. The van der Waals surface area contributed by atoms with E-state index in [1.807, 2.05) is 0 Å². The summed E-state index contributed by atoms with van der Waals surface area (Å²) < 4.78 is 5.26. The lowest BCUT2D eigenvalue weighted by Gasteiger charge is -2.11. The summed E-state index contributed by atoms with van der Waals surface area (Å²) in [6.07, 6.45) is 1.65. The number of hydrogen-bond donors (Lipinski definition) is 1. The Kier molecular flexibility index (Phi) is 3.09. The summed E-state index contributed by atoms with van der Waals surface area (Å²) in [6.45, 7) is 0.475.